The monoisotopic (exact) mass is 113 g/mol. The zero-order valence-electron chi connectivity index (χ0n) is 4.85. The highest BCUT2D eigenvalue weighted by molar-refractivity contribution is 4.99. The highest BCUT2D eigenvalue weighted by Gasteiger charge is 2.14. The highest BCUT2D eigenvalue weighted by Crippen LogP contribution is 2.13. The molecule has 1 aliphatic rings. The summed E-state index contributed by atoms with van der Waals surface area (Å²) in [5.74, 6) is 0.419. The standard InChI is InChI=1S/C6H11NO/c1-5-2-6(4-8)3-7-5/h6-8H,1-4H2. The lowest BCUT2D eigenvalue weighted by Crippen LogP contribution is -2.10. The Kier molecular flexibility index (Phi) is 1.53. The second-order valence-corrected chi connectivity index (χ2v) is 2.24. The summed E-state index contributed by atoms with van der Waals surface area (Å²) in [6, 6.07) is 0. The fourth-order valence-electron chi connectivity index (χ4n) is 0.911. The van der Waals surface area contributed by atoms with Crippen LogP contribution in [0.25, 0.3) is 0 Å². The molecule has 2 N–H and O–H groups in total. The van der Waals surface area contributed by atoms with Crippen LogP contribution in [0, 0.1) is 5.92 Å². The molecule has 1 fully saturated rings. The van der Waals surface area contributed by atoms with Crippen LogP contribution in [0.15, 0.2) is 12.3 Å². The number of nitrogens with one attached hydrogen (secondary N) is 1. The van der Waals surface area contributed by atoms with Crippen molar-refractivity contribution in [2.24, 2.45) is 5.92 Å². The Labute approximate surface area is 49.2 Å². The number of hydrogen-bond donors (Lipinski definition) is 2. The first kappa shape index (κ1) is 5.63. The van der Waals surface area contributed by atoms with E-state index in [1.54, 1.807) is 0 Å². The first-order chi connectivity index (χ1) is 3.83. The molecule has 1 aliphatic heterocycles. The minimum absolute atomic E-state index is 0.284. The Hall–Kier alpha value is -0.500. The third-order valence-electron chi connectivity index (χ3n) is 1.43. The molecule has 0 bridgehead atoms. The van der Waals surface area contributed by atoms with Gasteiger partial charge in [-0.1, -0.05) is 6.58 Å². The van der Waals surface area contributed by atoms with E-state index >= 15 is 0 Å². The molecule has 0 aliphatic carbocycles. The van der Waals surface area contributed by atoms with Crippen molar-refractivity contribution < 1.29 is 5.11 Å². The molecule has 0 aromatic rings. The maximum Gasteiger partial charge on any atom is 0.0479 e. The van der Waals surface area contributed by atoms with Crippen molar-refractivity contribution in [1.82, 2.24) is 5.32 Å². The van der Waals surface area contributed by atoms with E-state index in [9.17, 15) is 0 Å². The first-order valence-corrected chi connectivity index (χ1v) is 2.85. The molecule has 1 rings (SSSR count). The quantitative estimate of drug-likeness (QED) is 0.505. The molecule has 1 saturated heterocycles. The van der Waals surface area contributed by atoms with Crippen LogP contribution in [0.3, 0.4) is 0 Å². The van der Waals surface area contributed by atoms with Gasteiger partial charge >= 0.3 is 0 Å². The van der Waals surface area contributed by atoms with Gasteiger partial charge in [0.05, 0.1) is 0 Å². The van der Waals surface area contributed by atoms with Gasteiger partial charge in [0.25, 0.3) is 0 Å². The van der Waals surface area contributed by atoms with Crippen LogP contribution in [0.4, 0.5) is 0 Å². The molecule has 0 aromatic heterocycles. The Bertz CT molecular complexity index is 101. The molecule has 2 nitrogen and oxygen atoms in total. The summed E-state index contributed by atoms with van der Waals surface area (Å²) in [5, 5.41) is 11.7. The summed E-state index contributed by atoms with van der Waals surface area (Å²) in [6.45, 7) is 4.91. The SMILES string of the molecule is C=C1CC(CO)CN1. The minimum atomic E-state index is 0.284. The number of hydrogen-bond acceptors (Lipinski definition) is 2. The van der Waals surface area contributed by atoms with Crippen molar-refractivity contribution in [3.05, 3.63) is 12.3 Å². The van der Waals surface area contributed by atoms with E-state index in [2.05, 4.69) is 11.9 Å². The van der Waals surface area contributed by atoms with Crippen molar-refractivity contribution in [3.63, 3.8) is 0 Å². The first-order valence-electron chi connectivity index (χ1n) is 2.85. The number of aliphatic hydroxyl groups is 1. The topological polar surface area (TPSA) is 32.3 Å². The molecular weight excluding hydrogens is 102 g/mol. The van der Waals surface area contributed by atoms with Crippen LogP contribution < -0.4 is 5.32 Å². The molecule has 0 amide bonds. The molecule has 0 radical (unpaired) electrons. The molecule has 46 valence electrons. The lowest BCUT2D eigenvalue weighted by molar-refractivity contribution is 0.238. The van der Waals surface area contributed by atoms with Gasteiger partial charge in [-0.05, 0) is 6.42 Å². The van der Waals surface area contributed by atoms with Crippen molar-refractivity contribution in [2.75, 3.05) is 13.2 Å². The van der Waals surface area contributed by atoms with Crippen LogP contribution in [-0.2, 0) is 0 Å². The summed E-state index contributed by atoms with van der Waals surface area (Å²) in [5.41, 5.74) is 1.06. The van der Waals surface area contributed by atoms with Crippen molar-refractivity contribution in [1.29, 1.82) is 0 Å². The minimum Gasteiger partial charge on any atom is -0.396 e. The Morgan fingerprint density at radius 3 is 2.88 bits per heavy atom. The summed E-state index contributed by atoms with van der Waals surface area (Å²) in [7, 11) is 0. The molecule has 8 heavy (non-hydrogen) atoms. The van der Waals surface area contributed by atoms with Gasteiger partial charge in [-0.25, -0.2) is 0 Å². The summed E-state index contributed by atoms with van der Waals surface area (Å²) in [6.07, 6.45) is 0.941. The van der Waals surface area contributed by atoms with Gasteiger partial charge in [0.15, 0.2) is 0 Å². The normalized spacial score (nSPS) is 28.1. The summed E-state index contributed by atoms with van der Waals surface area (Å²) >= 11 is 0. The molecule has 0 spiro atoms. The average Bonchev–Trinajstić information content (AvgIpc) is 2.14. The lowest BCUT2D eigenvalue weighted by atomic mass is 10.1. The van der Waals surface area contributed by atoms with Gasteiger partial charge < -0.3 is 10.4 Å². The fraction of sp³-hybridized carbons (Fsp3) is 0.667. The van der Waals surface area contributed by atoms with Gasteiger partial charge in [0, 0.05) is 24.8 Å². The zero-order chi connectivity index (χ0) is 5.98. The second kappa shape index (κ2) is 2.18. The molecule has 0 aromatic carbocycles. The van der Waals surface area contributed by atoms with Gasteiger partial charge in [-0.15, -0.1) is 0 Å². The number of rotatable bonds is 1. The van der Waals surface area contributed by atoms with E-state index in [4.69, 9.17) is 5.11 Å². The van der Waals surface area contributed by atoms with Crippen LogP contribution in [0.2, 0.25) is 0 Å². The van der Waals surface area contributed by atoms with Gasteiger partial charge in [0.2, 0.25) is 0 Å². The van der Waals surface area contributed by atoms with Crippen molar-refractivity contribution in [3.8, 4) is 0 Å². The Morgan fingerprint density at radius 1 is 1.88 bits per heavy atom. The largest absolute Gasteiger partial charge is 0.396 e. The van der Waals surface area contributed by atoms with E-state index in [-0.39, 0.29) is 6.61 Å². The third-order valence-corrected chi connectivity index (χ3v) is 1.43. The van der Waals surface area contributed by atoms with Crippen LogP contribution in [-0.4, -0.2) is 18.3 Å². The maximum absolute atomic E-state index is 8.60. The fourth-order valence-corrected chi connectivity index (χ4v) is 0.911. The molecular formula is C6H11NO. The van der Waals surface area contributed by atoms with Gasteiger partial charge in [0.1, 0.15) is 0 Å². The smallest absolute Gasteiger partial charge is 0.0479 e. The Balaban J connectivity index is 2.32. The van der Waals surface area contributed by atoms with Gasteiger partial charge in [-0.3, -0.25) is 0 Å². The zero-order valence-corrected chi connectivity index (χ0v) is 4.85. The highest BCUT2D eigenvalue weighted by atomic mass is 16.3. The Morgan fingerprint density at radius 2 is 2.62 bits per heavy atom. The predicted octanol–water partition coefficient (Wildman–Crippen LogP) is 0.102. The predicted molar refractivity (Wildman–Crippen MR) is 32.3 cm³/mol. The van der Waals surface area contributed by atoms with Crippen LogP contribution in [0.1, 0.15) is 6.42 Å². The van der Waals surface area contributed by atoms with Crippen molar-refractivity contribution in [2.45, 2.75) is 6.42 Å². The van der Waals surface area contributed by atoms with Crippen molar-refractivity contribution >= 4 is 0 Å². The maximum atomic E-state index is 8.60. The number of allylic oxidation sites excluding steroid dienone is 1. The second-order valence-electron chi connectivity index (χ2n) is 2.24. The van der Waals surface area contributed by atoms with Crippen LogP contribution >= 0.6 is 0 Å². The van der Waals surface area contributed by atoms with Crippen LogP contribution in [0.5, 0.6) is 0 Å². The molecule has 2 heteroatoms. The third kappa shape index (κ3) is 1.01. The molecule has 1 unspecified atom stereocenters. The summed E-state index contributed by atoms with van der Waals surface area (Å²) < 4.78 is 0. The molecule has 1 heterocycles. The lowest BCUT2D eigenvalue weighted by Gasteiger charge is -1.97. The number of aliphatic hydroxyl groups excluding tert-OH is 1. The molecule has 0 saturated carbocycles. The van der Waals surface area contributed by atoms with E-state index < -0.39 is 0 Å². The van der Waals surface area contributed by atoms with E-state index in [1.807, 2.05) is 0 Å². The van der Waals surface area contributed by atoms with E-state index in [1.165, 1.54) is 0 Å². The van der Waals surface area contributed by atoms with Gasteiger partial charge in [-0.2, -0.15) is 0 Å². The summed E-state index contributed by atoms with van der Waals surface area (Å²) in [4.78, 5) is 0. The van der Waals surface area contributed by atoms with E-state index in [0.29, 0.717) is 5.92 Å². The molecule has 1 atom stereocenters. The van der Waals surface area contributed by atoms with E-state index in [0.717, 1.165) is 18.7 Å². The average molecular weight is 113 g/mol.